The lowest BCUT2D eigenvalue weighted by atomic mass is 10.1. The largest absolute Gasteiger partial charge is 0.418 e. The Hall–Kier alpha value is -3.36. The van der Waals surface area contributed by atoms with E-state index in [0.717, 1.165) is 6.07 Å². The topological polar surface area (TPSA) is 88.8 Å². The summed E-state index contributed by atoms with van der Waals surface area (Å²) in [7, 11) is 0. The molecule has 0 saturated heterocycles. The van der Waals surface area contributed by atoms with Crippen molar-refractivity contribution >= 4 is 28.7 Å². The predicted molar refractivity (Wildman–Crippen MR) is 88.7 cm³/mol. The fourth-order valence-corrected chi connectivity index (χ4v) is 2.14. The number of anilines is 5. The van der Waals surface area contributed by atoms with Gasteiger partial charge in [-0.25, -0.2) is 9.97 Å². The maximum absolute atomic E-state index is 13.1. The molecule has 0 fully saturated rings. The summed E-state index contributed by atoms with van der Waals surface area (Å²) in [6.45, 7) is 0. The zero-order chi connectivity index (χ0) is 17.9. The number of hydrogen-bond donors (Lipinski definition) is 3. The molecule has 2 aromatic heterocycles. The van der Waals surface area contributed by atoms with Crippen LogP contribution < -0.4 is 16.4 Å². The second-order valence-electron chi connectivity index (χ2n) is 5.02. The normalized spacial score (nSPS) is 11.2. The molecular formula is C16H13F3N6. The van der Waals surface area contributed by atoms with E-state index in [9.17, 15) is 13.2 Å². The summed E-state index contributed by atoms with van der Waals surface area (Å²) in [5.74, 6) is 0.327. The van der Waals surface area contributed by atoms with Crippen molar-refractivity contribution in [2.24, 2.45) is 0 Å². The molecule has 0 radical (unpaired) electrons. The van der Waals surface area contributed by atoms with Crippen LogP contribution in [0.15, 0.2) is 55.1 Å². The summed E-state index contributed by atoms with van der Waals surface area (Å²) in [6, 6.07) is 8.56. The highest BCUT2D eigenvalue weighted by molar-refractivity contribution is 5.80. The molecule has 3 aromatic rings. The summed E-state index contributed by atoms with van der Waals surface area (Å²) < 4.78 is 39.3. The van der Waals surface area contributed by atoms with Crippen molar-refractivity contribution in [1.29, 1.82) is 0 Å². The Bertz CT molecular complexity index is 867. The average molecular weight is 346 g/mol. The zero-order valence-electron chi connectivity index (χ0n) is 12.7. The molecule has 0 aliphatic carbocycles. The van der Waals surface area contributed by atoms with Gasteiger partial charge in [0.25, 0.3) is 0 Å². The first-order valence-corrected chi connectivity index (χ1v) is 7.16. The molecule has 25 heavy (non-hydrogen) atoms. The number of benzene rings is 1. The quantitative estimate of drug-likeness (QED) is 0.663. The Morgan fingerprint density at radius 2 is 1.64 bits per heavy atom. The third-order valence-corrected chi connectivity index (χ3v) is 3.29. The standard InChI is InChI=1S/C16H13F3N6/c17-16(18,19)11-5-1-2-6-12(11)25-15-13(20)14(22-9-23-15)24-10-4-3-7-21-8-10/h1-9H,20H2,(H2,22,23,24,25). The third-order valence-electron chi connectivity index (χ3n) is 3.29. The molecule has 0 spiro atoms. The van der Waals surface area contributed by atoms with Gasteiger partial charge in [-0.1, -0.05) is 12.1 Å². The lowest BCUT2D eigenvalue weighted by Gasteiger charge is -2.16. The number of nitrogens with two attached hydrogens (primary N) is 1. The van der Waals surface area contributed by atoms with Crippen LogP contribution >= 0.6 is 0 Å². The number of rotatable bonds is 4. The fraction of sp³-hybridized carbons (Fsp3) is 0.0625. The monoisotopic (exact) mass is 346 g/mol. The van der Waals surface area contributed by atoms with Crippen molar-refractivity contribution in [1.82, 2.24) is 15.0 Å². The van der Waals surface area contributed by atoms with Crippen molar-refractivity contribution in [3.63, 3.8) is 0 Å². The van der Waals surface area contributed by atoms with Crippen molar-refractivity contribution in [3.05, 3.63) is 60.7 Å². The van der Waals surface area contributed by atoms with Gasteiger partial charge in [0.15, 0.2) is 11.6 Å². The van der Waals surface area contributed by atoms with E-state index in [1.807, 2.05) is 0 Å². The Balaban J connectivity index is 1.91. The smallest absolute Gasteiger partial charge is 0.393 e. The molecule has 2 heterocycles. The van der Waals surface area contributed by atoms with Crippen LogP contribution in [0, 0.1) is 0 Å². The number of nitrogens with zero attached hydrogens (tertiary/aromatic N) is 3. The summed E-state index contributed by atoms with van der Waals surface area (Å²) in [6.07, 6.45) is -0.126. The second kappa shape index (κ2) is 6.63. The Morgan fingerprint density at radius 1 is 0.920 bits per heavy atom. The van der Waals surface area contributed by atoms with Crippen molar-refractivity contribution < 1.29 is 13.2 Å². The molecule has 6 nitrogen and oxygen atoms in total. The molecule has 0 amide bonds. The molecule has 3 rings (SSSR count). The first kappa shape index (κ1) is 16.5. The number of halogens is 3. The molecule has 128 valence electrons. The van der Waals surface area contributed by atoms with Crippen LogP contribution in [0.5, 0.6) is 0 Å². The number of nitrogens with one attached hydrogen (secondary N) is 2. The van der Waals surface area contributed by atoms with E-state index in [2.05, 4.69) is 25.6 Å². The van der Waals surface area contributed by atoms with Gasteiger partial charge in [0.1, 0.15) is 12.0 Å². The minimum atomic E-state index is -4.50. The molecule has 0 atom stereocenters. The molecule has 0 aliphatic heterocycles. The molecular weight excluding hydrogens is 333 g/mol. The van der Waals surface area contributed by atoms with Crippen molar-refractivity contribution in [2.45, 2.75) is 6.18 Å². The highest BCUT2D eigenvalue weighted by Crippen LogP contribution is 2.37. The van der Waals surface area contributed by atoms with Crippen LogP contribution in [-0.4, -0.2) is 15.0 Å². The number of hydrogen-bond acceptors (Lipinski definition) is 6. The SMILES string of the molecule is Nc1c(Nc2cccnc2)ncnc1Nc1ccccc1C(F)(F)F. The number of aromatic nitrogens is 3. The molecule has 1 aromatic carbocycles. The Morgan fingerprint density at radius 3 is 2.32 bits per heavy atom. The first-order valence-electron chi connectivity index (χ1n) is 7.16. The van der Waals surface area contributed by atoms with Gasteiger partial charge in [-0.3, -0.25) is 4.98 Å². The molecule has 9 heteroatoms. The van der Waals surface area contributed by atoms with E-state index < -0.39 is 11.7 Å². The number of pyridine rings is 1. The van der Waals surface area contributed by atoms with E-state index >= 15 is 0 Å². The summed E-state index contributed by atoms with van der Waals surface area (Å²) in [4.78, 5) is 11.9. The van der Waals surface area contributed by atoms with Crippen molar-refractivity contribution in [3.8, 4) is 0 Å². The van der Waals surface area contributed by atoms with E-state index in [0.29, 0.717) is 5.69 Å². The van der Waals surface area contributed by atoms with Crippen molar-refractivity contribution in [2.75, 3.05) is 16.4 Å². The number of alkyl halides is 3. The molecule has 0 saturated carbocycles. The molecule has 0 bridgehead atoms. The molecule has 0 aliphatic rings. The maximum Gasteiger partial charge on any atom is 0.418 e. The van der Waals surface area contributed by atoms with Gasteiger partial charge in [-0.2, -0.15) is 13.2 Å². The van der Waals surface area contributed by atoms with Gasteiger partial charge in [0, 0.05) is 6.20 Å². The minimum absolute atomic E-state index is 0.0677. The van der Waals surface area contributed by atoms with E-state index in [1.54, 1.807) is 24.5 Å². The van der Waals surface area contributed by atoms with Crippen LogP contribution in [0.2, 0.25) is 0 Å². The highest BCUT2D eigenvalue weighted by atomic mass is 19.4. The zero-order valence-corrected chi connectivity index (χ0v) is 12.7. The van der Waals surface area contributed by atoms with Gasteiger partial charge in [0.2, 0.25) is 0 Å². The summed E-state index contributed by atoms with van der Waals surface area (Å²) >= 11 is 0. The maximum atomic E-state index is 13.1. The van der Waals surface area contributed by atoms with Crippen LogP contribution in [0.4, 0.5) is 41.9 Å². The fourth-order valence-electron chi connectivity index (χ4n) is 2.14. The lowest BCUT2D eigenvalue weighted by molar-refractivity contribution is -0.136. The summed E-state index contributed by atoms with van der Waals surface area (Å²) in [5, 5.41) is 5.56. The summed E-state index contributed by atoms with van der Waals surface area (Å²) in [5.41, 5.74) is 5.75. The third kappa shape index (κ3) is 3.77. The van der Waals surface area contributed by atoms with Gasteiger partial charge < -0.3 is 16.4 Å². The Kier molecular flexibility index (Phi) is 4.38. The minimum Gasteiger partial charge on any atom is -0.393 e. The second-order valence-corrected chi connectivity index (χ2v) is 5.02. The van der Waals surface area contributed by atoms with Crippen LogP contribution in [0.25, 0.3) is 0 Å². The van der Waals surface area contributed by atoms with Gasteiger partial charge in [0.05, 0.1) is 23.1 Å². The van der Waals surface area contributed by atoms with Crippen LogP contribution in [0.1, 0.15) is 5.56 Å². The van der Waals surface area contributed by atoms with Gasteiger partial charge in [-0.05, 0) is 24.3 Å². The van der Waals surface area contributed by atoms with Crippen LogP contribution in [-0.2, 0) is 6.18 Å². The van der Waals surface area contributed by atoms with E-state index in [4.69, 9.17) is 5.73 Å². The highest BCUT2D eigenvalue weighted by Gasteiger charge is 2.33. The first-order chi connectivity index (χ1) is 11.9. The Labute approximate surface area is 141 Å². The molecule has 4 N–H and O–H groups in total. The van der Waals surface area contributed by atoms with Crippen LogP contribution in [0.3, 0.4) is 0 Å². The van der Waals surface area contributed by atoms with E-state index in [-0.39, 0.29) is 23.0 Å². The van der Waals surface area contributed by atoms with Gasteiger partial charge in [-0.15, -0.1) is 0 Å². The molecule has 0 unspecified atom stereocenters. The van der Waals surface area contributed by atoms with Gasteiger partial charge >= 0.3 is 6.18 Å². The lowest BCUT2D eigenvalue weighted by Crippen LogP contribution is -2.10. The average Bonchev–Trinajstić information content (AvgIpc) is 2.59. The van der Waals surface area contributed by atoms with E-state index in [1.165, 1.54) is 24.5 Å². The number of nitrogen functional groups attached to an aromatic ring is 1. The predicted octanol–water partition coefficient (Wildman–Crippen LogP) is 3.96. The number of para-hydroxylation sites is 1.